The Morgan fingerprint density at radius 1 is 1.09 bits per heavy atom. The zero-order valence-corrected chi connectivity index (χ0v) is 18.2. The summed E-state index contributed by atoms with van der Waals surface area (Å²) in [5.74, 6) is 0.614. The molecule has 0 saturated heterocycles. The number of hydrogen-bond donors (Lipinski definition) is 1. The van der Waals surface area contributed by atoms with Gasteiger partial charge >= 0.3 is 5.97 Å². The minimum Gasteiger partial charge on any atom is -0.478 e. The van der Waals surface area contributed by atoms with Crippen molar-refractivity contribution >= 4 is 28.5 Å². The summed E-state index contributed by atoms with van der Waals surface area (Å²) < 4.78 is 17.4. The van der Waals surface area contributed by atoms with E-state index in [0.717, 1.165) is 22.2 Å². The molecule has 0 aliphatic carbocycles. The number of carbonyl (C=O) groups is 1. The second kappa shape index (κ2) is 7.57. The highest BCUT2D eigenvalue weighted by molar-refractivity contribution is 6.30. The van der Waals surface area contributed by atoms with Crippen molar-refractivity contribution in [3.63, 3.8) is 0 Å². The van der Waals surface area contributed by atoms with Crippen LogP contribution in [0.3, 0.4) is 0 Å². The van der Waals surface area contributed by atoms with Gasteiger partial charge in [-0.1, -0.05) is 42.7 Å². The molecule has 1 aliphatic rings. The Labute approximate surface area is 189 Å². The zero-order chi connectivity index (χ0) is 22.5. The van der Waals surface area contributed by atoms with E-state index in [4.69, 9.17) is 25.6 Å². The third-order valence-corrected chi connectivity index (χ3v) is 6.12. The Morgan fingerprint density at radius 3 is 2.53 bits per heavy atom. The van der Waals surface area contributed by atoms with Crippen LogP contribution >= 0.6 is 11.6 Å². The van der Waals surface area contributed by atoms with Gasteiger partial charge in [0.1, 0.15) is 22.9 Å². The quantitative estimate of drug-likeness (QED) is 0.382. The molecular weight excluding hydrogens is 430 g/mol. The molecule has 32 heavy (non-hydrogen) atoms. The largest absolute Gasteiger partial charge is 0.478 e. The first-order chi connectivity index (χ1) is 15.4. The molecule has 5 rings (SSSR count). The summed E-state index contributed by atoms with van der Waals surface area (Å²) in [4.78, 5) is 11.9. The standard InChI is InChI=1S/C25H20ClNO5/c1-14(2)25(24(28)29)13-16-11-18(8-10-21(16)31-25)30-19-7-9-20-22(12-19)32-27-23(20)15-3-5-17(26)6-4-15/h3-12,14H,13H2,1-2H3,(H,28,29)/t25-/m1/s1. The van der Waals surface area contributed by atoms with Crippen molar-refractivity contribution < 1.29 is 23.9 Å². The second-order valence-corrected chi connectivity index (χ2v) is 8.63. The average Bonchev–Trinajstić information content (AvgIpc) is 3.36. The molecule has 1 aliphatic heterocycles. The fourth-order valence-corrected chi connectivity index (χ4v) is 4.12. The van der Waals surface area contributed by atoms with Crippen molar-refractivity contribution in [2.24, 2.45) is 5.92 Å². The number of nitrogens with zero attached hydrogens (tertiary/aromatic N) is 1. The number of benzene rings is 3. The van der Waals surface area contributed by atoms with Crippen molar-refractivity contribution in [2.75, 3.05) is 0 Å². The van der Waals surface area contributed by atoms with Crippen LogP contribution in [0.15, 0.2) is 65.2 Å². The number of rotatable bonds is 5. The van der Waals surface area contributed by atoms with E-state index in [1.54, 1.807) is 18.2 Å². The lowest BCUT2D eigenvalue weighted by atomic mass is 9.86. The van der Waals surface area contributed by atoms with Crippen LogP contribution in [0, 0.1) is 5.92 Å². The topological polar surface area (TPSA) is 81.8 Å². The van der Waals surface area contributed by atoms with E-state index in [0.29, 0.717) is 27.9 Å². The lowest BCUT2D eigenvalue weighted by molar-refractivity contribution is -0.157. The predicted molar refractivity (Wildman–Crippen MR) is 121 cm³/mol. The van der Waals surface area contributed by atoms with Crippen LogP contribution in [0.2, 0.25) is 5.02 Å². The number of fused-ring (bicyclic) bond motifs is 2. The molecular formula is C25H20ClNO5. The summed E-state index contributed by atoms with van der Waals surface area (Å²) in [6, 6.07) is 18.3. The number of aliphatic carboxylic acids is 1. The third-order valence-electron chi connectivity index (χ3n) is 5.87. The van der Waals surface area contributed by atoms with Crippen LogP contribution in [0.4, 0.5) is 0 Å². The number of carboxylic acids is 1. The molecule has 6 nitrogen and oxygen atoms in total. The Balaban J connectivity index is 1.40. The monoisotopic (exact) mass is 449 g/mol. The van der Waals surface area contributed by atoms with Gasteiger partial charge in [-0.15, -0.1) is 0 Å². The van der Waals surface area contributed by atoms with Crippen molar-refractivity contribution in [2.45, 2.75) is 25.9 Å². The minimum atomic E-state index is -1.25. The molecule has 4 aromatic rings. The van der Waals surface area contributed by atoms with Crippen LogP contribution in [0.1, 0.15) is 19.4 Å². The highest BCUT2D eigenvalue weighted by Gasteiger charge is 2.49. The summed E-state index contributed by atoms with van der Waals surface area (Å²) in [7, 11) is 0. The summed E-state index contributed by atoms with van der Waals surface area (Å²) in [6.07, 6.45) is 0.290. The van der Waals surface area contributed by atoms with Gasteiger partial charge in [0.05, 0.1) is 0 Å². The van der Waals surface area contributed by atoms with Crippen molar-refractivity contribution in [1.82, 2.24) is 5.16 Å². The van der Waals surface area contributed by atoms with E-state index in [1.807, 2.05) is 56.3 Å². The normalized spacial score (nSPS) is 17.4. The van der Waals surface area contributed by atoms with Gasteiger partial charge in [0.25, 0.3) is 0 Å². The van der Waals surface area contributed by atoms with Crippen molar-refractivity contribution in [1.29, 1.82) is 0 Å². The highest BCUT2D eigenvalue weighted by Crippen LogP contribution is 2.42. The van der Waals surface area contributed by atoms with E-state index in [1.165, 1.54) is 0 Å². The molecule has 162 valence electrons. The van der Waals surface area contributed by atoms with E-state index in [-0.39, 0.29) is 12.3 Å². The summed E-state index contributed by atoms with van der Waals surface area (Å²) >= 11 is 5.97. The summed E-state index contributed by atoms with van der Waals surface area (Å²) in [6.45, 7) is 3.70. The van der Waals surface area contributed by atoms with E-state index < -0.39 is 11.6 Å². The number of carboxylic acid groups (broad SMARTS) is 1. The van der Waals surface area contributed by atoms with Crippen LogP contribution in [-0.4, -0.2) is 21.8 Å². The summed E-state index contributed by atoms with van der Waals surface area (Å²) in [5.41, 5.74) is 1.80. The molecule has 0 unspecified atom stereocenters. The summed E-state index contributed by atoms with van der Waals surface area (Å²) in [5, 5.41) is 15.4. The maximum atomic E-state index is 11.9. The lowest BCUT2D eigenvalue weighted by Gasteiger charge is -2.27. The van der Waals surface area contributed by atoms with Crippen LogP contribution < -0.4 is 9.47 Å². The molecule has 0 spiro atoms. The molecule has 0 radical (unpaired) electrons. The number of hydrogen-bond acceptors (Lipinski definition) is 5. The molecule has 7 heteroatoms. The van der Waals surface area contributed by atoms with Gasteiger partial charge in [0.2, 0.25) is 5.60 Å². The van der Waals surface area contributed by atoms with Gasteiger partial charge in [-0.05, 0) is 42.5 Å². The minimum absolute atomic E-state index is 0.180. The maximum absolute atomic E-state index is 11.9. The zero-order valence-electron chi connectivity index (χ0n) is 17.5. The van der Waals surface area contributed by atoms with E-state index >= 15 is 0 Å². The maximum Gasteiger partial charge on any atom is 0.348 e. The van der Waals surface area contributed by atoms with Gasteiger partial charge < -0.3 is 19.1 Å². The first-order valence-corrected chi connectivity index (χ1v) is 10.6. The fraction of sp³-hybridized carbons (Fsp3) is 0.200. The molecule has 3 aromatic carbocycles. The van der Waals surface area contributed by atoms with Crippen LogP contribution in [-0.2, 0) is 11.2 Å². The molecule has 1 aromatic heterocycles. The second-order valence-electron chi connectivity index (χ2n) is 8.20. The third kappa shape index (κ3) is 3.37. The Morgan fingerprint density at radius 2 is 1.81 bits per heavy atom. The highest BCUT2D eigenvalue weighted by atomic mass is 35.5. The van der Waals surface area contributed by atoms with Crippen LogP contribution in [0.5, 0.6) is 17.2 Å². The van der Waals surface area contributed by atoms with E-state index in [9.17, 15) is 9.90 Å². The molecule has 1 atom stereocenters. The SMILES string of the molecule is CC(C)[C@@]1(C(=O)O)Cc2cc(Oc3ccc4c(-c5ccc(Cl)cc5)noc4c3)ccc2O1. The molecule has 0 amide bonds. The first-order valence-electron chi connectivity index (χ1n) is 10.2. The number of aromatic nitrogens is 1. The van der Waals surface area contributed by atoms with Gasteiger partial charge in [-0.2, -0.15) is 0 Å². The average molecular weight is 450 g/mol. The van der Waals surface area contributed by atoms with Crippen LogP contribution in [0.25, 0.3) is 22.2 Å². The van der Waals surface area contributed by atoms with Crippen molar-refractivity contribution in [3.05, 3.63) is 71.2 Å². The van der Waals surface area contributed by atoms with Gasteiger partial charge in [0.15, 0.2) is 5.58 Å². The fourth-order valence-electron chi connectivity index (χ4n) is 3.99. The lowest BCUT2D eigenvalue weighted by Crippen LogP contribution is -2.48. The van der Waals surface area contributed by atoms with Gasteiger partial charge in [0, 0.05) is 39.9 Å². The molecule has 0 fully saturated rings. The smallest absolute Gasteiger partial charge is 0.348 e. The first kappa shape index (κ1) is 20.4. The Hall–Kier alpha value is -3.51. The molecule has 1 N–H and O–H groups in total. The molecule has 2 heterocycles. The molecule has 0 bridgehead atoms. The number of halogens is 1. The van der Waals surface area contributed by atoms with E-state index in [2.05, 4.69) is 5.16 Å². The Kier molecular flexibility index (Phi) is 4.82. The predicted octanol–water partition coefficient (Wildman–Crippen LogP) is 6.35. The van der Waals surface area contributed by atoms with Gasteiger partial charge in [-0.25, -0.2) is 4.79 Å². The number of ether oxygens (including phenoxy) is 2. The Bertz CT molecular complexity index is 1330. The molecule has 0 saturated carbocycles. The van der Waals surface area contributed by atoms with Gasteiger partial charge in [-0.3, -0.25) is 0 Å². The van der Waals surface area contributed by atoms with Crippen molar-refractivity contribution in [3.8, 4) is 28.5 Å².